The van der Waals surface area contributed by atoms with Gasteiger partial charge in [-0.2, -0.15) is 13.2 Å². The van der Waals surface area contributed by atoms with Crippen LogP contribution in [0.4, 0.5) is 24.5 Å². The summed E-state index contributed by atoms with van der Waals surface area (Å²) in [6.45, 7) is 5.75. The van der Waals surface area contributed by atoms with E-state index in [2.05, 4.69) is 22.1 Å². The van der Waals surface area contributed by atoms with Gasteiger partial charge >= 0.3 is 6.18 Å². The van der Waals surface area contributed by atoms with Gasteiger partial charge in [-0.05, 0) is 31.5 Å². The van der Waals surface area contributed by atoms with Crippen molar-refractivity contribution in [1.29, 1.82) is 0 Å². The second-order valence-corrected chi connectivity index (χ2v) is 5.08. The molecule has 1 atom stereocenters. The Morgan fingerprint density at radius 3 is 2.85 bits per heavy atom. The van der Waals surface area contributed by atoms with Crippen LogP contribution in [0.3, 0.4) is 0 Å². The van der Waals surface area contributed by atoms with Gasteiger partial charge in [0.15, 0.2) is 0 Å². The molecule has 1 fully saturated rings. The fourth-order valence-corrected chi connectivity index (χ4v) is 2.40. The van der Waals surface area contributed by atoms with Crippen molar-refractivity contribution >= 4 is 11.4 Å². The van der Waals surface area contributed by atoms with E-state index in [9.17, 15) is 13.2 Å². The molecule has 0 radical (unpaired) electrons. The third kappa shape index (κ3) is 3.53. The van der Waals surface area contributed by atoms with Gasteiger partial charge in [0.25, 0.3) is 0 Å². The maximum absolute atomic E-state index is 12.6. The standard InChI is InChI=1S/C13H19F3N4/c1-2-20-4-3-9(8-20)6-18-11-5-12(13(14,15)16)19-7-10(11)17/h5,7,9H,2-4,6,8,17H2,1H3,(H,18,19). The zero-order valence-electron chi connectivity index (χ0n) is 11.4. The van der Waals surface area contributed by atoms with E-state index >= 15 is 0 Å². The minimum atomic E-state index is -4.45. The Kier molecular flexibility index (Phi) is 4.37. The van der Waals surface area contributed by atoms with Gasteiger partial charge in [-0.15, -0.1) is 0 Å². The highest BCUT2D eigenvalue weighted by atomic mass is 19.4. The zero-order chi connectivity index (χ0) is 14.8. The highest BCUT2D eigenvalue weighted by molar-refractivity contribution is 5.65. The minimum Gasteiger partial charge on any atom is -0.396 e. The number of anilines is 2. The molecule has 0 spiro atoms. The van der Waals surface area contributed by atoms with Gasteiger partial charge in [0, 0.05) is 13.1 Å². The monoisotopic (exact) mass is 288 g/mol. The van der Waals surface area contributed by atoms with Crippen LogP contribution < -0.4 is 11.1 Å². The van der Waals surface area contributed by atoms with Crippen molar-refractivity contribution in [3.05, 3.63) is 18.0 Å². The summed E-state index contributed by atoms with van der Waals surface area (Å²) in [5.41, 5.74) is 5.29. The molecular weight excluding hydrogens is 269 g/mol. The van der Waals surface area contributed by atoms with Crippen LogP contribution in [-0.4, -0.2) is 36.1 Å². The molecule has 1 aliphatic rings. The number of halogens is 3. The Morgan fingerprint density at radius 1 is 1.50 bits per heavy atom. The number of pyridine rings is 1. The molecule has 1 aliphatic heterocycles. The van der Waals surface area contributed by atoms with Crippen LogP contribution in [-0.2, 0) is 6.18 Å². The summed E-state index contributed by atoms with van der Waals surface area (Å²) in [5, 5.41) is 3.02. The summed E-state index contributed by atoms with van der Waals surface area (Å²) in [6.07, 6.45) is -2.34. The van der Waals surface area contributed by atoms with E-state index in [1.165, 1.54) is 0 Å². The van der Waals surface area contributed by atoms with E-state index in [0.717, 1.165) is 38.3 Å². The van der Waals surface area contributed by atoms with Gasteiger partial charge in [0.1, 0.15) is 5.69 Å². The van der Waals surface area contributed by atoms with Crippen molar-refractivity contribution in [3.63, 3.8) is 0 Å². The number of nitrogen functional groups attached to an aromatic ring is 1. The molecule has 0 saturated carbocycles. The lowest BCUT2D eigenvalue weighted by molar-refractivity contribution is -0.141. The maximum Gasteiger partial charge on any atom is 0.433 e. The largest absolute Gasteiger partial charge is 0.433 e. The molecular formula is C13H19F3N4. The molecule has 2 heterocycles. The SMILES string of the molecule is CCN1CCC(CNc2cc(C(F)(F)F)ncc2N)C1. The molecule has 1 unspecified atom stereocenters. The average Bonchev–Trinajstić information content (AvgIpc) is 2.84. The second-order valence-electron chi connectivity index (χ2n) is 5.08. The van der Waals surface area contributed by atoms with Crippen LogP contribution in [0.5, 0.6) is 0 Å². The van der Waals surface area contributed by atoms with Crippen molar-refractivity contribution in [2.24, 2.45) is 5.92 Å². The number of nitrogens with two attached hydrogens (primary N) is 1. The van der Waals surface area contributed by atoms with Gasteiger partial charge in [-0.1, -0.05) is 6.92 Å². The Balaban J connectivity index is 1.99. The molecule has 1 aromatic rings. The quantitative estimate of drug-likeness (QED) is 0.893. The number of aromatic nitrogens is 1. The van der Waals surface area contributed by atoms with Crippen LogP contribution in [0.1, 0.15) is 19.0 Å². The molecule has 112 valence electrons. The van der Waals surface area contributed by atoms with Crippen molar-refractivity contribution in [3.8, 4) is 0 Å². The maximum atomic E-state index is 12.6. The summed E-state index contributed by atoms with van der Waals surface area (Å²) >= 11 is 0. The third-order valence-corrected chi connectivity index (χ3v) is 3.62. The number of nitrogens with one attached hydrogen (secondary N) is 1. The third-order valence-electron chi connectivity index (χ3n) is 3.62. The number of nitrogens with zero attached hydrogens (tertiary/aromatic N) is 2. The molecule has 0 aliphatic carbocycles. The van der Waals surface area contributed by atoms with Gasteiger partial charge in [-0.25, -0.2) is 4.98 Å². The lowest BCUT2D eigenvalue weighted by atomic mass is 10.1. The first-order chi connectivity index (χ1) is 9.40. The average molecular weight is 288 g/mol. The number of hydrogen-bond donors (Lipinski definition) is 2. The lowest BCUT2D eigenvalue weighted by Gasteiger charge is -2.16. The summed E-state index contributed by atoms with van der Waals surface area (Å²) in [7, 11) is 0. The van der Waals surface area contributed by atoms with E-state index < -0.39 is 11.9 Å². The van der Waals surface area contributed by atoms with Crippen LogP contribution in [0, 0.1) is 5.92 Å². The predicted molar refractivity (Wildman–Crippen MR) is 72.4 cm³/mol. The number of alkyl halides is 3. The summed E-state index contributed by atoms with van der Waals surface area (Å²) in [6, 6.07) is 0.974. The molecule has 1 saturated heterocycles. The van der Waals surface area contributed by atoms with Crippen LogP contribution in [0.25, 0.3) is 0 Å². The normalized spacial score (nSPS) is 20.3. The smallest absolute Gasteiger partial charge is 0.396 e. The molecule has 0 aromatic carbocycles. The number of likely N-dealkylation sites (tertiary alicyclic amines) is 1. The molecule has 0 bridgehead atoms. The Bertz CT molecular complexity index is 461. The molecule has 20 heavy (non-hydrogen) atoms. The number of rotatable bonds is 4. The first-order valence-corrected chi connectivity index (χ1v) is 6.69. The first-order valence-electron chi connectivity index (χ1n) is 6.69. The van der Waals surface area contributed by atoms with Gasteiger partial charge in [0.2, 0.25) is 0 Å². The zero-order valence-corrected chi connectivity index (χ0v) is 11.4. The highest BCUT2D eigenvalue weighted by Crippen LogP contribution is 2.31. The van der Waals surface area contributed by atoms with Crippen LogP contribution >= 0.6 is 0 Å². The molecule has 3 N–H and O–H groups in total. The topological polar surface area (TPSA) is 54.2 Å². The van der Waals surface area contributed by atoms with Crippen molar-refractivity contribution in [2.45, 2.75) is 19.5 Å². The van der Waals surface area contributed by atoms with E-state index in [-0.39, 0.29) is 5.69 Å². The van der Waals surface area contributed by atoms with E-state index in [0.29, 0.717) is 18.2 Å². The van der Waals surface area contributed by atoms with Crippen molar-refractivity contribution < 1.29 is 13.2 Å². The fourth-order valence-electron chi connectivity index (χ4n) is 2.40. The summed E-state index contributed by atoms with van der Waals surface area (Å²) in [4.78, 5) is 5.64. The van der Waals surface area contributed by atoms with Gasteiger partial charge in [0.05, 0.1) is 17.6 Å². The van der Waals surface area contributed by atoms with E-state index in [4.69, 9.17) is 5.73 Å². The van der Waals surface area contributed by atoms with Gasteiger partial charge < -0.3 is 16.0 Å². The first kappa shape index (κ1) is 14.9. The molecule has 2 rings (SSSR count). The molecule has 4 nitrogen and oxygen atoms in total. The Morgan fingerprint density at radius 2 is 2.25 bits per heavy atom. The second kappa shape index (κ2) is 5.87. The lowest BCUT2D eigenvalue weighted by Crippen LogP contribution is -2.22. The Hall–Kier alpha value is -1.50. The summed E-state index contributed by atoms with van der Waals surface area (Å²) < 4.78 is 37.8. The summed E-state index contributed by atoms with van der Waals surface area (Å²) in [5.74, 6) is 0.442. The van der Waals surface area contributed by atoms with Crippen molar-refractivity contribution in [2.75, 3.05) is 37.2 Å². The van der Waals surface area contributed by atoms with E-state index in [1.54, 1.807) is 0 Å². The van der Waals surface area contributed by atoms with Crippen LogP contribution in [0.15, 0.2) is 12.3 Å². The molecule has 0 amide bonds. The minimum absolute atomic E-state index is 0.239. The molecule has 7 heteroatoms. The Labute approximate surface area is 116 Å². The molecule has 1 aromatic heterocycles. The van der Waals surface area contributed by atoms with Gasteiger partial charge in [-0.3, -0.25) is 0 Å². The predicted octanol–water partition coefficient (Wildman–Crippen LogP) is 2.44. The number of hydrogen-bond acceptors (Lipinski definition) is 4. The van der Waals surface area contributed by atoms with E-state index in [1.807, 2.05) is 0 Å². The fraction of sp³-hybridized carbons (Fsp3) is 0.615. The van der Waals surface area contributed by atoms with Crippen molar-refractivity contribution in [1.82, 2.24) is 9.88 Å². The van der Waals surface area contributed by atoms with Crippen LogP contribution in [0.2, 0.25) is 0 Å². The highest BCUT2D eigenvalue weighted by Gasteiger charge is 2.33.